The molecular weight excluding hydrogens is 352 g/mol. The zero-order valence-electron chi connectivity index (χ0n) is 17.2. The van der Waals surface area contributed by atoms with Crippen LogP contribution in [0.1, 0.15) is 41.5 Å². The summed E-state index contributed by atoms with van der Waals surface area (Å²) < 4.78 is 16.1. The normalized spacial score (nSPS) is 16.4. The predicted octanol–water partition coefficient (Wildman–Crippen LogP) is 2.34. The number of hydrogen-bond donors (Lipinski definition) is 2. The summed E-state index contributed by atoms with van der Waals surface area (Å²) >= 11 is 0. The molecule has 1 aliphatic rings. The monoisotopic (exact) mass is 384 g/mol. The van der Waals surface area contributed by atoms with E-state index in [1.165, 1.54) is 0 Å². The van der Waals surface area contributed by atoms with Gasteiger partial charge in [0.05, 0.1) is 44.2 Å². The van der Waals surface area contributed by atoms with Gasteiger partial charge in [-0.3, -0.25) is 9.59 Å². The van der Waals surface area contributed by atoms with Crippen LogP contribution in [0, 0.1) is 10.8 Å². The minimum atomic E-state index is -0.699. The second-order valence-corrected chi connectivity index (χ2v) is 8.38. The molecule has 0 heterocycles. The molecule has 0 atom stereocenters. The fourth-order valence-corrected chi connectivity index (χ4v) is 2.77. The van der Waals surface area contributed by atoms with Gasteiger partial charge in [0.25, 0.3) is 0 Å². The number of ketones is 2. The van der Waals surface area contributed by atoms with Gasteiger partial charge in [-0.15, -0.1) is 0 Å². The maximum absolute atomic E-state index is 13.0. The number of carbonyl (C=O) groups is 2. The van der Waals surface area contributed by atoms with Crippen molar-refractivity contribution in [2.75, 3.05) is 39.6 Å². The van der Waals surface area contributed by atoms with E-state index < -0.39 is 28.2 Å². The van der Waals surface area contributed by atoms with Crippen LogP contribution in [0.15, 0.2) is 22.7 Å². The van der Waals surface area contributed by atoms with Crippen LogP contribution in [0.25, 0.3) is 0 Å². The molecule has 0 unspecified atom stereocenters. The molecule has 0 fully saturated rings. The first-order chi connectivity index (χ1) is 12.4. The molecule has 0 amide bonds. The third-order valence-corrected chi connectivity index (χ3v) is 3.92. The van der Waals surface area contributed by atoms with E-state index in [9.17, 15) is 14.7 Å². The number of allylic oxidation sites excluding steroid dienone is 2. The molecule has 1 rings (SSSR count). The Labute approximate surface area is 161 Å². The van der Waals surface area contributed by atoms with Gasteiger partial charge in [0.15, 0.2) is 11.5 Å². The first-order valence-electron chi connectivity index (χ1n) is 9.10. The Morgan fingerprint density at radius 3 is 1.70 bits per heavy atom. The summed E-state index contributed by atoms with van der Waals surface area (Å²) in [5.41, 5.74) is -1.13. The first kappa shape index (κ1) is 23.3. The summed E-state index contributed by atoms with van der Waals surface area (Å²) in [4.78, 5) is 25.7. The van der Waals surface area contributed by atoms with E-state index in [0.29, 0.717) is 13.2 Å². The van der Waals surface area contributed by atoms with E-state index in [0.717, 1.165) is 0 Å². The van der Waals surface area contributed by atoms with Crippen LogP contribution in [0.4, 0.5) is 0 Å². The lowest BCUT2D eigenvalue weighted by Gasteiger charge is -2.32. The lowest BCUT2D eigenvalue weighted by molar-refractivity contribution is -0.122. The zero-order valence-corrected chi connectivity index (χ0v) is 17.2. The molecule has 7 nitrogen and oxygen atoms in total. The second-order valence-electron chi connectivity index (χ2n) is 8.38. The number of Topliss-reactive ketones (excluding diaryl/α,β-unsaturated/α-hetero) is 2. The van der Waals surface area contributed by atoms with E-state index in [4.69, 9.17) is 19.3 Å². The lowest BCUT2D eigenvalue weighted by Crippen LogP contribution is -2.35. The van der Waals surface area contributed by atoms with Crippen molar-refractivity contribution in [3.63, 3.8) is 0 Å². The standard InChI is InChI=1S/C20H32O7/c1-19(2,3)13-15(22)16(23)14(20(4,5)6)18(17(13)24)27-12-11-26-10-9-25-8-7-21/h21-22H,7-12H2,1-6H3. The second kappa shape index (κ2) is 9.48. The van der Waals surface area contributed by atoms with Crippen LogP contribution < -0.4 is 0 Å². The minimum Gasteiger partial charge on any atom is -0.504 e. The number of rotatable bonds is 9. The van der Waals surface area contributed by atoms with Crippen LogP contribution in [0.2, 0.25) is 0 Å². The molecule has 0 aromatic carbocycles. The van der Waals surface area contributed by atoms with E-state index in [1.54, 1.807) is 41.5 Å². The Balaban J connectivity index is 2.90. The van der Waals surface area contributed by atoms with E-state index >= 15 is 0 Å². The average molecular weight is 384 g/mol. The summed E-state index contributed by atoms with van der Waals surface area (Å²) in [5, 5.41) is 19.0. The van der Waals surface area contributed by atoms with Crippen molar-refractivity contribution in [2.24, 2.45) is 10.8 Å². The fourth-order valence-electron chi connectivity index (χ4n) is 2.77. The highest BCUT2D eigenvalue weighted by molar-refractivity contribution is 6.24. The van der Waals surface area contributed by atoms with Crippen LogP contribution in [-0.2, 0) is 23.8 Å². The number of ether oxygens (including phenoxy) is 3. The number of carbonyl (C=O) groups excluding carboxylic acids is 2. The minimum absolute atomic E-state index is 0.0182. The Bertz CT molecular complexity index is 615. The maximum atomic E-state index is 13.0. The topological polar surface area (TPSA) is 102 Å². The Morgan fingerprint density at radius 1 is 0.741 bits per heavy atom. The van der Waals surface area contributed by atoms with Crippen molar-refractivity contribution in [3.05, 3.63) is 22.7 Å². The molecule has 1 aliphatic carbocycles. The Morgan fingerprint density at radius 2 is 1.22 bits per heavy atom. The maximum Gasteiger partial charge on any atom is 0.228 e. The van der Waals surface area contributed by atoms with Crippen molar-refractivity contribution in [1.29, 1.82) is 0 Å². The van der Waals surface area contributed by atoms with E-state index in [1.807, 2.05) is 0 Å². The molecule has 0 aromatic rings. The van der Waals surface area contributed by atoms with Crippen molar-refractivity contribution in [3.8, 4) is 0 Å². The van der Waals surface area contributed by atoms with Gasteiger partial charge in [0, 0.05) is 0 Å². The molecule has 7 heteroatoms. The van der Waals surface area contributed by atoms with Gasteiger partial charge >= 0.3 is 0 Å². The predicted molar refractivity (Wildman–Crippen MR) is 100 cm³/mol. The molecule has 0 radical (unpaired) electrons. The highest BCUT2D eigenvalue weighted by Crippen LogP contribution is 2.40. The fraction of sp³-hybridized carbons (Fsp3) is 0.700. The van der Waals surface area contributed by atoms with Gasteiger partial charge in [-0.05, 0) is 10.8 Å². The quantitative estimate of drug-likeness (QED) is 0.465. The highest BCUT2D eigenvalue weighted by Gasteiger charge is 2.44. The summed E-state index contributed by atoms with van der Waals surface area (Å²) in [6.07, 6.45) is 0. The summed E-state index contributed by atoms with van der Waals surface area (Å²) in [6, 6.07) is 0. The average Bonchev–Trinajstić information content (AvgIpc) is 2.52. The number of aliphatic hydroxyl groups is 2. The van der Waals surface area contributed by atoms with E-state index in [-0.39, 0.29) is 43.3 Å². The largest absolute Gasteiger partial charge is 0.504 e. The molecular formula is C20H32O7. The Hall–Kier alpha value is -1.70. The van der Waals surface area contributed by atoms with Gasteiger partial charge in [0.2, 0.25) is 11.6 Å². The van der Waals surface area contributed by atoms with Gasteiger partial charge in [-0.1, -0.05) is 41.5 Å². The number of hydrogen-bond acceptors (Lipinski definition) is 7. The summed E-state index contributed by atoms with van der Waals surface area (Å²) in [5.74, 6) is -1.55. The summed E-state index contributed by atoms with van der Waals surface area (Å²) in [7, 11) is 0. The molecule has 0 saturated carbocycles. The molecule has 0 saturated heterocycles. The third kappa shape index (κ3) is 6.16. The van der Waals surface area contributed by atoms with E-state index in [2.05, 4.69) is 0 Å². The van der Waals surface area contributed by atoms with Gasteiger partial charge in [-0.2, -0.15) is 0 Å². The molecule has 27 heavy (non-hydrogen) atoms. The van der Waals surface area contributed by atoms with Crippen molar-refractivity contribution >= 4 is 11.6 Å². The van der Waals surface area contributed by atoms with Crippen LogP contribution in [-0.4, -0.2) is 61.4 Å². The van der Waals surface area contributed by atoms with Crippen LogP contribution in [0.3, 0.4) is 0 Å². The molecule has 0 spiro atoms. The smallest absolute Gasteiger partial charge is 0.228 e. The van der Waals surface area contributed by atoms with Gasteiger partial charge < -0.3 is 24.4 Å². The molecule has 154 valence electrons. The molecule has 0 bridgehead atoms. The van der Waals surface area contributed by atoms with Crippen LogP contribution >= 0.6 is 0 Å². The zero-order chi connectivity index (χ0) is 20.8. The summed E-state index contributed by atoms with van der Waals surface area (Å²) in [6.45, 7) is 11.9. The molecule has 0 aliphatic heterocycles. The molecule has 2 N–H and O–H groups in total. The highest BCUT2D eigenvalue weighted by atomic mass is 16.5. The van der Waals surface area contributed by atoms with Crippen LogP contribution in [0.5, 0.6) is 0 Å². The first-order valence-corrected chi connectivity index (χ1v) is 9.10. The molecule has 0 aromatic heterocycles. The number of aliphatic hydroxyl groups excluding tert-OH is 2. The van der Waals surface area contributed by atoms with Gasteiger partial charge in [0.1, 0.15) is 6.61 Å². The van der Waals surface area contributed by atoms with Crippen molar-refractivity contribution in [1.82, 2.24) is 0 Å². The lowest BCUT2D eigenvalue weighted by atomic mass is 9.73. The SMILES string of the molecule is CC(C)(C)C1=C(O)C(=O)C(C(C)(C)C)=C(OCCOCCOCCO)C1=O. The van der Waals surface area contributed by atoms with Crippen molar-refractivity contribution < 1.29 is 34.0 Å². The Kier molecular flexibility index (Phi) is 8.20. The van der Waals surface area contributed by atoms with Gasteiger partial charge in [-0.25, -0.2) is 0 Å². The van der Waals surface area contributed by atoms with Crippen molar-refractivity contribution in [2.45, 2.75) is 41.5 Å². The third-order valence-electron chi connectivity index (χ3n) is 3.92.